The van der Waals surface area contributed by atoms with Crippen LogP contribution in [0.25, 0.3) is 0 Å². The van der Waals surface area contributed by atoms with Gasteiger partial charge in [0, 0.05) is 23.4 Å². The summed E-state index contributed by atoms with van der Waals surface area (Å²) in [6.45, 7) is 13.3. The van der Waals surface area contributed by atoms with E-state index >= 15 is 0 Å². The Morgan fingerprint density at radius 1 is 1.07 bits per heavy atom. The van der Waals surface area contributed by atoms with Crippen LogP contribution < -0.4 is 0 Å². The third-order valence-electron chi connectivity index (χ3n) is 8.16. The molecule has 0 spiro atoms. The number of carbonyl (C=O) groups is 2. The molecule has 1 heterocycles. The van der Waals surface area contributed by atoms with Gasteiger partial charge < -0.3 is 9.84 Å². The Bertz CT molecular complexity index is 551. The van der Waals surface area contributed by atoms with Gasteiger partial charge in [-0.3, -0.25) is 14.5 Å². The topological polar surface area (TPSA) is 66.8 Å². The Morgan fingerprint density at radius 3 is 2.20 bits per heavy atom. The van der Waals surface area contributed by atoms with Crippen LogP contribution in [0.5, 0.6) is 0 Å². The molecule has 1 aliphatic heterocycles. The quantitative estimate of drug-likeness (QED) is 0.287. The average Bonchev–Trinajstić information content (AvgIpc) is 2.71. The fourth-order valence-corrected chi connectivity index (χ4v) is 5.08. The van der Waals surface area contributed by atoms with Crippen molar-refractivity contribution in [3.8, 4) is 0 Å². The van der Waals surface area contributed by atoms with Gasteiger partial charge in [0.1, 0.15) is 6.10 Å². The molecule has 0 aliphatic carbocycles. The molecule has 5 atom stereocenters. The first-order chi connectivity index (χ1) is 14.1. The molecule has 1 saturated heterocycles. The summed E-state index contributed by atoms with van der Waals surface area (Å²) in [6, 6.07) is 0. The van der Waals surface area contributed by atoms with Gasteiger partial charge in [-0.2, -0.15) is 0 Å². The highest BCUT2D eigenvalue weighted by Crippen LogP contribution is 2.45. The molecule has 0 aromatic heterocycles. The molecule has 1 rings (SSSR count). The van der Waals surface area contributed by atoms with Gasteiger partial charge in [0.15, 0.2) is 0 Å². The van der Waals surface area contributed by atoms with Gasteiger partial charge in [0.05, 0.1) is 12.3 Å². The van der Waals surface area contributed by atoms with Crippen LogP contribution in [0.2, 0.25) is 0 Å². The number of rotatable bonds is 13. The molecule has 0 radical (unpaired) electrons. The standard InChI is InChI=1S/C25H47NO4/c1-8-11-12-13-14-15-16-20(17-22(27)28)23(29)30-21-18-24(5,9-2)26(7)25(6,10-3)19(21)4/h19-21H,8-18H2,1-7H3,(H,27,28). The predicted molar refractivity (Wildman–Crippen MR) is 123 cm³/mol. The molecule has 5 heteroatoms. The highest BCUT2D eigenvalue weighted by atomic mass is 16.5. The number of hydrogen-bond acceptors (Lipinski definition) is 4. The molecule has 5 nitrogen and oxygen atoms in total. The number of carboxylic acid groups (broad SMARTS) is 1. The van der Waals surface area contributed by atoms with Gasteiger partial charge >= 0.3 is 11.9 Å². The van der Waals surface area contributed by atoms with E-state index < -0.39 is 11.9 Å². The molecular weight excluding hydrogens is 378 g/mol. The SMILES string of the molecule is CCCCCCCCC(CC(=O)O)C(=O)OC1CC(C)(CC)N(C)C(C)(CC)C1C. The molecular formula is C25H47NO4. The van der Waals surface area contributed by atoms with Crippen molar-refractivity contribution in [3.05, 3.63) is 0 Å². The molecule has 0 aromatic carbocycles. The lowest BCUT2D eigenvalue weighted by Gasteiger charge is -2.59. The van der Waals surface area contributed by atoms with Gasteiger partial charge in [-0.1, -0.05) is 66.2 Å². The molecule has 30 heavy (non-hydrogen) atoms. The summed E-state index contributed by atoms with van der Waals surface area (Å²) >= 11 is 0. The lowest BCUT2D eigenvalue weighted by Crippen LogP contribution is -2.66. The summed E-state index contributed by atoms with van der Waals surface area (Å²) in [6.07, 6.45) is 9.79. The number of aliphatic carboxylic acids is 1. The highest BCUT2D eigenvalue weighted by molar-refractivity contribution is 5.79. The molecule has 5 unspecified atom stereocenters. The fourth-order valence-electron chi connectivity index (χ4n) is 5.08. The van der Waals surface area contributed by atoms with E-state index in [2.05, 4.69) is 53.5 Å². The Labute approximate surface area is 184 Å². The second kappa shape index (κ2) is 12.1. The van der Waals surface area contributed by atoms with Gasteiger partial charge in [0.2, 0.25) is 0 Å². The lowest BCUT2D eigenvalue weighted by atomic mass is 9.68. The second-order valence-electron chi connectivity index (χ2n) is 9.94. The van der Waals surface area contributed by atoms with Crippen LogP contribution in [0.4, 0.5) is 0 Å². The van der Waals surface area contributed by atoms with Gasteiger partial charge in [-0.15, -0.1) is 0 Å². The number of nitrogens with zero attached hydrogens (tertiary/aromatic N) is 1. The minimum atomic E-state index is -0.920. The smallest absolute Gasteiger partial charge is 0.309 e. The summed E-state index contributed by atoms with van der Waals surface area (Å²) in [5.41, 5.74) is -0.0979. The van der Waals surface area contributed by atoms with E-state index in [4.69, 9.17) is 4.74 Å². The highest BCUT2D eigenvalue weighted by Gasteiger charge is 2.52. The van der Waals surface area contributed by atoms with Gasteiger partial charge in [-0.25, -0.2) is 0 Å². The van der Waals surface area contributed by atoms with E-state index in [0.29, 0.717) is 6.42 Å². The van der Waals surface area contributed by atoms with Crippen LogP contribution in [0.15, 0.2) is 0 Å². The molecule has 0 amide bonds. The largest absolute Gasteiger partial charge is 0.481 e. The van der Waals surface area contributed by atoms with Crippen LogP contribution in [0, 0.1) is 11.8 Å². The van der Waals surface area contributed by atoms with E-state index in [1.807, 2.05) is 0 Å². The maximum Gasteiger partial charge on any atom is 0.309 e. The maximum atomic E-state index is 13.0. The minimum Gasteiger partial charge on any atom is -0.481 e. The van der Waals surface area contributed by atoms with Crippen molar-refractivity contribution in [1.82, 2.24) is 4.90 Å². The summed E-state index contributed by atoms with van der Waals surface area (Å²) in [5.74, 6) is -1.59. The average molecular weight is 426 g/mol. The molecule has 0 aromatic rings. The van der Waals surface area contributed by atoms with Crippen molar-refractivity contribution >= 4 is 11.9 Å². The van der Waals surface area contributed by atoms with Crippen LogP contribution in [-0.2, 0) is 14.3 Å². The molecule has 0 bridgehead atoms. The lowest BCUT2D eigenvalue weighted by molar-refractivity contribution is -0.178. The monoisotopic (exact) mass is 425 g/mol. The fraction of sp³-hybridized carbons (Fsp3) is 0.920. The van der Waals surface area contributed by atoms with E-state index in [1.165, 1.54) is 19.3 Å². The Morgan fingerprint density at radius 2 is 1.67 bits per heavy atom. The van der Waals surface area contributed by atoms with E-state index in [9.17, 15) is 14.7 Å². The third-order valence-corrected chi connectivity index (χ3v) is 8.16. The van der Waals surface area contributed by atoms with Crippen molar-refractivity contribution in [3.63, 3.8) is 0 Å². The normalized spacial score (nSPS) is 30.8. The minimum absolute atomic E-state index is 0.0379. The van der Waals surface area contributed by atoms with Crippen molar-refractivity contribution in [2.45, 2.75) is 129 Å². The van der Waals surface area contributed by atoms with Gasteiger partial charge in [-0.05, 0) is 40.2 Å². The zero-order chi connectivity index (χ0) is 22.9. The van der Waals surface area contributed by atoms with Crippen LogP contribution in [-0.4, -0.2) is 46.2 Å². The number of hydrogen-bond donors (Lipinski definition) is 1. The van der Waals surface area contributed by atoms with Crippen molar-refractivity contribution in [1.29, 1.82) is 0 Å². The Kier molecular flexibility index (Phi) is 10.8. The summed E-state index contributed by atoms with van der Waals surface area (Å²) in [5, 5.41) is 9.33. The number of piperidine rings is 1. The number of esters is 1. The van der Waals surface area contributed by atoms with E-state index in [0.717, 1.165) is 38.5 Å². The molecule has 0 saturated carbocycles. The number of ether oxygens (including phenoxy) is 1. The summed E-state index contributed by atoms with van der Waals surface area (Å²) in [4.78, 5) is 26.9. The van der Waals surface area contributed by atoms with Crippen molar-refractivity contribution in [2.75, 3.05) is 7.05 Å². The zero-order valence-corrected chi connectivity index (χ0v) is 20.6. The molecule has 176 valence electrons. The molecule has 1 N–H and O–H groups in total. The first-order valence-corrected chi connectivity index (χ1v) is 12.2. The maximum absolute atomic E-state index is 13.0. The number of unbranched alkanes of at least 4 members (excludes halogenated alkanes) is 5. The van der Waals surface area contributed by atoms with E-state index in [-0.39, 0.29) is 35.5 Å². The van der Waals surface area contributed by atoms with Crippen molar-refractivity contribution < 1.29 is 19.4 Å². The number of carboxylic acids is 1. The third kappa shape index (κ3) is 6.70. The zero-order valence-electron chi connectivity index (χ0n) is 20.6. The van der Waals surface area contributed by atoms with Crippen LogP contribution in [0.3, 0.4) is 0 Å². The summed E-state index contributed by atoms with van der Waals surface area (Å²) in [7, 11) is 2.19. The number of carbonyl (C=O) groups excluding carboxylic acids is 1. The van der Waals surface area contributed by atoms with Crippen LogP contribution in [0.1, 0.15) is 112 Å². The summed E-state index contributed by atoms with van der Waals surface area (Å²) < 4.78 is 6.08. The van der Waals surface area contributed by atoms with Crippen molar-refractivity contribution in [2.24, 2.45) is 11.8 Å². The first kappa shape index (κ1) is 26.9. The molecule has 1 fully saturated rings. The first-order valence-electron chi connectivity index (χ1n) is 12.2. The van der Waals surface area contributed by atoms with Crippen LogP contribution >= 0.6 is 0 Å². The van der Waals surface area contributed by atoms with Gasteiger partial charge in [0.25, 0.3) is 0 Å². The van der Waals surface area contributed by atoms with E-state index in [1.54, 1.807) is 0 Å². The predicted octanol–water partition coefficient (Wildman–Crippen LogP) is 6.05. The second-order valence-corrected chi connectivity index (χ2v) is 9.94. The number of likely N-dealkylation sites (tertiary alicyclic amines) is 1. The molecule has 1 aliphatic rings. The Balaban J connectivity index is 2.83. The Hall–Kier alpha value is -1.10.